The normalized spacial score (nSPS) is 11.6. The largest absolute Gasteiger partial charge is 0.497 e. The molecule has 9 heteroatoms. The van der Waals surface area contributed by atoms with Gasteiger partial charge in [0.2, 0.25) is 0 Å². The average molecular weight is 470 g/mol. The monoisotopic (exact) mass is 469 g/mol. The second kappa shape index (κ2) is 12.6. The molecule has 1 aromatic carbocycles. The number of amides is 1. The SMILES string of the molecule is COCCCn1cc(C(=O)c2cc(OC)ccc2OCC(=O)NC(C)C(C)C)cc(C#N)c1=O. The lowest BCUT2D eigenvalue weighted by molar-refractivity contribution is -0.124. The van der Waals surface area contributed by atoms with Gasteiger partial charge in [-0.1, -0.05) is 13.8 Å². The molecule has 2 rings (SSSR count). The Bertz CT molecular complexity index is 1120. The van der Waals surface area contributed by atoms with E-state index in [0.717, 1.165) is 0 Å². The van der Waals surface area contributed by atoms with Gasteiger partial charge in [0.05, 0.1) is 12.7 Å². The third-order valence-electron chi connectivity index (χ3n) is 5.39. The van der Waals surface area contributed by atoms with Crippen LogP contribution < -0.4 is 20.3 Å². The number of nitrogens with zero attached hydrogens (tertiary/aromatic N) is 2. The second-order valence-electron chi connectivity index (χ2n) is 8.18. The zero-order valence-electron chi connectivity index (χ0n) is 20.2. The van der Waals surface area contributed by atoms with Crippen molar-refractivity contribution >= 4 is 11.7 Å². The van der Waals surface area contributed by atoms with E-state index in [0.29, 0.717) is 18.8 Å². The minimum Gasteiger partial charge on any atom is -0.497 e. The third-order valence-corrected chi connectivity index (χ3v) is 5.39. The van der Waals surface area contributed by atoms with Gasteiger partial charge in [0.15, 0.2) is 12.4 Å². The second-order valence-corrected chi connectivity index (χ2v) is 8.18. The summed E-state index contributed by atoms with van der Waals surface area (Å²) in [6.45, 7) is 6.34. The predicted octanol–water partition coefficient (Wildman–Crippen LogP) is 2.54. The van der Waals surface area contributed by atoms with E-state index < -0.39 is 11.3 Å². The first-order valence-electron chi connectivity index (χ1n) is 11.0. The van der Waals surface area contributed by atoms with E-state index in [2.05, 4.69) is 5.32 Å². The first-order chi connectivity index (χ1) is 16.2. The van der Waals surface area contributed by atoms with E-state index in [-0.39, 0.29) is 53.5 Å². The summed E-state index contributed by atoms with van der Waals surface area (Å²) in [6.07, 6.45) is 1.96. The van der Waals surface area contributed by atoms with E-state index in [1.165, 1.54) is 30.0 Å². The number of ether oxygens (including phenoxy) is 3. The highest BCUT2D eigenvalue weighted by Crippen LogP contribution is 2.27. The van der Waals surface area contributed by atoms with Gasteiger partial charge in [-0.3, -0.25) is 14.4 Å². The Morgan fingerprint density at radius 3 is 2.53 bits per heavy atom. The van der Waals surface area contributed by atoms with Crippen molar-refractivity contribution in [3.63, 3.8) is 0 Å². The van der Waals surface area contributed by atoms with Gasteiger partial charge in [-0.15, -0.1) is 0 Å². The Kier molecular flexibility index (Phi) is 9.83. The lowest BCUT2D eigenvalue weighted by Crippen LogP contribution is -2.39. The molecule has 1 aromatic heterocycles. The van der Waals surface area contributed by atoms with Crippen LogP contribution in [0, 0.1) is 17.2 Å². The van der Waals surface area contributed by atoms with Crippen LogP contribution >= 0.6 is 0 Å². The maximum absolute atomic E-state index is 13.4. The number of ketones is 1. The molecule has 0 fully saturated rings. The summed E-state index contributed by atoms with van der Waals surface area (Å²) in [7, 11) is 3.02. The molecule has 2 aromatic rings. The maximum Gasteiger partial charge on any atom is 0.268 e. The number of rotatable bonds is 12. The summed E-state index contributed by atoms with van der Waals surface area (Å²) in [5, 5.41) is 12.2. The fourth-order valence-electron chi connectivity index (χ4n) is 3.09. The molecular formula is C25H31N3O6. The van der Waals surface area contributed by atoms with E-state index in [1.807, 2.05) is 26.8 Å². The average Bonchev–Trinajstić information content (AvgIpc) is 2.83. The van der Waals surface area contributed by atoms with Crippen LogP contribution in [0.4, 0.5) is 0 Å². The van der Waals surface area contributed by atoms with E-state index in [1.54, 1.807) is 19.2 Å². The van der Waals surface area contributed by atoms with Crippen LogP contribution in [0.25, 0.3) is 0 Å². The molecule has 0 saturated carbocycles. The number of pyridine rings is 1. The van der Waals surface area contributed by atoms with Gasteiger partial charge >= 0.3 is 0 Å². The summed E-state index contributed by atoms with van der Waals surface area (Å²) in [5.74, 6) is 0.0861. The minimum atomic E-state index is -0.479. The number of nitrogens with one attached hydrogen (secondary N) is 1. The number of aryl methyl sites for hydroxylation is 1. The summed E-state index contributed by atoms with van der Waals surface area (Å²) in [6, 6.07) is 7.75. The first kappa shape index (κ1) is 26.6. The molecule has 0 aliphatic heterocycles. The highest BCUT2D eigenvalue weighted by molar-refractivity contribution is 6.11. The van der Waals surface area contributed by atoms with Crippen LogP contribution in [0.1, 0.15) is 48.7 Å². The van der Waals surface area contributed by atoms with Crippen LogP contribution in [0.15, 0.2) is 35.3 Å². The summed E-state index contributed by atoms with van der Waals surface area (Å²) < 4.78 is 17.3. The number of carbonyl (C=O) groups excluding carboxylic acids is 2. The smallest absolute Gasteiger partial charge is 0.268 e. The molecule has 1 heterocycles. The minimum absolute atomic E-state index is 0.0309. The lowest BCUT2D eigenvalue weighted by Gasteiger charge is -2.18. The molecule has 0 aliphatic carbocycles. The fraction of sp³-hybridized carbons (Fsp3) is 0.440. The molecule has 0 spiro atoms. The van der Waals surface area contributed by atoms with Gasteiger partial charge < -0.3 is 24.1 Å². The van der Waals surface area contributed by atoms with Crippen molar-refractivity contribution in [2.75, 3.05) is 27.4 Å². The Hall–Kier alpha value is -3.64. The topological polar surface area (TPSA) is 120 Å². The Morgan fingerprint density at radius 1 is 1.18 bits per heavy atom. The van der Waals surface area contributed by atoms with Crippen LogP contribution in [0.2, 0.25) is 0 Å². The van der Waals surface area contributed by atoms with Crippen LogP contribution in [0.3, 0.4) is 0 Å². The highest BCUT2D eigenvalue weighted by atomic mass is 16.5. The van der Waals surface area contributed by atoms with Crippen molar-refractivity contribution in [3.8, 4) is 17.6 Å². The summed E-state index contributed by atoms with van der Waals surface area (Å²) >= 11 is 0. The maximum atomic E-state index is 13.4. The van der Waals surface area contributed by atoms with E-state index in [4.69, 9.17) is 14.2 Å². The van der Waals surface area contributed by atoms with E-state index >= 15 is 0 Å². The number of carbonyl (C=O) groups is 2. The van der Waals surface area contributed by atoms with Gasteiger partial charge in [-0.2, -0.15) is 5.26 Å². The molecule has 0 radical (unpaired) electrons. The molecule has 0 saturated heterocycles. The Balaban J connectivity index is 2.37. The summed E-state index contributed by atoms with van der Waals surface area (Å²) in [5.41, 5.74) is -0.330. The molecule has 1 amide bonds. The number of aromatic nitrogens is 1. The van der Waals surface area contributed by atoms with Gasteiger partial charge in [-0.25, -0.2) is 0 Å². The van der Waals surface area contributed by atoms with Gasteiger partial charge in [0.1, 0.15) is 23.1 Å². The quantitative estimate of drug-likeness (QED) is 0.375. The molecule has 182 valence electrons. The first-order valence-corrected chi connectivity index (χ1v) is 11.0. The Labute approximate surface area is 199 Å². The third kappa shape index (κ3) is 6.93. The summed E-state index contributed by atoms with van der Waals surface area (Å²) in [4.78, 5) is 38.2. The molecule has 0 aliphatic rings. The van der Waals surface area contributed by atoms with Crippen molar-refractivity contribution in [3.05, 3.63) is 57.5 Å². The van der Waals surface area contributed by atoms with E-state index in [9.17, 15) is 19.6 Å². The molecule has 0 bridgehead atoms. The van der Waals surface area contributed by atoms with Crippen molar-refractivity contribution in [2.45, 2.75) is 39.8 Å². The Morgan fingerprint density at radius 2 is 1.91 bits per heavy atom. The zero-order valence-corrected chi connectivity index (χ0v) is 20.2. The molecule has 1 unspecified atom stereocenters. The van der Waals surface area contributed by atoms with Crippen molar-refractivity contribution in [2.24, 2.45) is 5.92 Å². The molecule has 1 atom stereocenters. The molecular weight excluding hydrogens is 438 g/mol. The highest BCUT2D eigenvalue weighted by Gasteiger charge is 2.20. The number of hydrogen-bond donors (Lipinski definition) is 1. The number of methoxy groups -OCH3 is 2. The fourth-order valence-corrected chi connectivity index (χ4v) is 3.09. The molecule has 1 N–H and O–H groups in total. The molecule has 34 heavy (non-hydrogen) atoms. The van der Waals surface area contributed by atoms with Gasteiger partial charge in [0.25, 0.3) is 11.5 Å². The lowest BCUT2D eigenvalue weighted by atomic mass is 10.0. The van der Waals surface area contributed by atoms with Crippen molar-refractivity contribution in [1.29, 1.82) is 5.26 Å². The van der Waals surface area contributed by atoms with Gasteiger partial charge in [0, 0.05) is 38.1 Å². The van der Waals surface area contributed by atoms with Crippen molar-refractivity contribution < 1.29 is 23.8 Å². The molecule has 9 nitrogen and oxygen atoms in total. The number of hydrogen-bond acceptors (Lipinski definition) is 7. The standard InChI is InChI=1S/C25H31N3O6/c1-16(2)17(3)27-23(29)15-34-22-8-7-20(33-5)12-21(22)24(30)19-11-18(13-26)25(31)28(14-19)9-6-10-32-4/h7-8,11-12,14,16-17H,6,9-10,15H2,1-5H3,(H,27,29). The number of benzene rings is 1. The van der Waals surface area contributed by atoms with Gasteiger partial charge in [-0.05, 0) is 43.5 Å². The van der Waals surface area contributed by atoms with Crippen LogP contribution in [-0.2, 0) is 16.1 Å². The van der Waals surface area contributed by atoms with Crippen LogP contribution in [-0.4, -0.2) is 49.7 Å². The zero-order chi connectivity index (χ0) is 25.3. The predicted molar refractivity (Wildman–Crippen MR) is 126 cm³/mol. The van der Waals surface area contributed by atoms with Crippen molar-refractivity contribution in [1.82, 2.24) is 9.88 Å². The van der Waals surface area contributed by atoms with Crippen LogP contribution in [0.5, 0.6) is 11.5 Å². The number of nitriles is 1.